The van der Waals surface area contributed by atoms with Crippen LogP contribution in [0.25, 0.3) is 0 Å². The summed E-state index contributed by atoms with van der Waals surface area (Å²) in [7, 11) is 0. The SMILES string of the molecule is CC(C)(C)Nc1ccc(N2CCOCC2)nc1. The maximum absolute atomic E-state index is 5.33. The molecule has 0 radical (unpaired) electrons. The van der Waals surface area contributed by atoms with E-state index in [0.717, 1.165) is 37.8 Å². The summed E-state index contributed by atoms with van der Waals surface area (Å²) in [5.74, 6) is 1.03. The molecule has 0 aromatic carbocycles. The van der Waals surface area contributed by atoms with E-state index in [2.05, 4.69) is 48.1 Å². The van der Waals surface area contributed by atoms with Crippen LogP contribution in [-0.2, 0) is 4.74 Å². The number of rotatable bonds is 2. The number of hydrogen-bond acceptors (Lipinski definition) is 4. The first-order valence-electron chi connectivity index (χ1n) is 6.11. The molecule has 0 unspecified atom stereocenters. The van der Waals surface area contributed by atoms with Crippen molar-refractivity contribution in [1.82, 2.24) is 4.98 Å². The first kappa shape index (κ1) is 12.2. The van der Waals surface area contributed by atoms with Crippen molar-refractivity contribution in [3.8, 4) is 0 Å². The lowest BCUT2D eigenvalue weighted by molar-refractivity contribution is 0.122. The minimum Gasteiger partial charge on any atom is -0.379 e. The van der Waals surface area contributed by atoms with E-state index in [1.807, 2.05) is 6.20 Å². The molecule has 1 N–H and O–H groups in total. The molecule has 2 heterocycles. The highest BCUT2D eigenvalue weighted by atomic mass is 16.5. The average molecular weight is 235 g/mol. The van der Waals surface area contributed by atoms with Gasteiger partial charge in [0, 0.05) is 18.6 Å². The first-order valence-corrected chi connectivity index (χ1v) is 6.11. The normalized spacial score (nSPS) is 17.0. The molecular weight excluding hydrogens is 214 g/mol. The van der Waals surface area contributed by atoms with Crippen LogP contribution in [-0.4, -0.2) is 36.8 Å². The number of hydrogen-bond donors (Lipinski definition) is 1. The van der Waals surface area contributed by atoms with Crippen LogP contribution in [0.1, 0.15) is 20.8 Å². The number of morpholine rings is 1. The van der Waals surface area contributed by atoms with E-state index >= 15 is 0 Å². The summed E-state index contributed by atoms with van der Waals surface area (Å²) in [6.45, 7) is 9.88. The lowest BCUT2D eigenvalue weighted by atomic mass is 10.1. The minimum atomic E-state index is 0.0716. The van der Waals surface area contributed by atoms with Gasteiger partial charge in [-0.05, 0) is 32.9 Å². The Balaban J connectivity index is 2.02. The molecule has 17 heavy (non-hydrogen) atoms. The van der Waals surface area contributed by atoms with E-state index in [4.69, 9.17) is 4.74 Å². The van der Waals surface area contributed by atoms with Crippen molar-refractivity contribution in [2.45, 2.75) is 26.3 Å². The van der Waals surface area contributed by atoms with Crippen molar-refractivity contribution in [1.29, 1.82) is 0 Å². The van der Waals surface area contributed by atoms with Gasteiger partial charge >= 0.3 is 0 Å². The van der Waals surface area contributed by atoms with Gasteiger partial charge in [-0.15, -0.1) is 0 Å². The fourth-order valence-electron chi connectivity index (χ4n) is 1.87. The summed E-state index contributed by atoms with van der Waals surface area (Å²) in [6, 6.07) is 4.16. The Kier molecular flexibility index (Phi) is 3.52. The van der Waals surface area contributed by atoms with Crippen LogP contribution in [0.3, 0.4) is 0 Å². The molecule has 1 fully saturated rings. The Hall–Kier alpha value is -1.29. The third-order valence-electron chi connectivity index (χ3n) is 2.60. The second-order valence-electron chi connectivity index (χ2n) is 5.38. The molecule has 0 bridgehead atoms. The van der Waals surface area contributed by atoms with Gasteiger partial charge in [-0.1, -0.05) is 0 Å². The maximum Gasteiger partial charge on any atom is 0.128 e. The third kappa shape index (κ3) is 3.60. The standard InChI is InChI=1S/C13H21N3O/c1-13(2,3)15-11-4-5-12(14-10-11)16-6-8-17-9-7-16/h4-5,10,15H,6-9H2,1-3H3. The van der Waals surface area contributed by atoms with Crippen molar-refractivity contribution in [3.63, 3.8) is 0 Å². The number of aromatic nitrogens is 1. The van der Waals surface area contributed by atoms with Gasteiger partial charge in [-0.2, -0.15) is 0 Å². The van der Waals surface area contributed by atoms with Gasteiger partial charge in [-0.25, -0.2) is 4.98 Å². The molecule has 0 spiro atoms. The van der Waals surface area contributed by atoms with Crippen LogP contribution in [0, 0.1) is 0 Å². The summed E-state index contributed by atoms with van der Waals surface area (Å²) in [4.78, 5) is 6.75. The fraction of sp³-hybridized carbons (Fsp3) is 0.615. The molecule has 2 rings (SSSR count). The van der Waals surface area contributed by atoms with E-state index in [1.165, 1.54) is 0 Å². The number of nitrogens with zero attached hydrogens (tertiary/aromatic N) is 2. The molecule has 1 aliphatic heterocycles. The van der Waals surface area contributed by atoms with Gasteiger partial charge in [0.2, 0.25) is 0 Å². The predicted octanol–water partition coefficient (Wildman–Crippen LogP) is 2.13. The minimum absolute atomic E-state index is 0.0716. The second kappa shape index (κ2) is 4.92. The van der Waals surface area contributed by atoms with E-state index in [1.54, 1.807) is 0 Å². The summed E-state index contributed by atoms with van der Waals surface area (Å²) < 4.78 is 5.33. The first-order chi connectivity index (χ1) is 8.04. The highest BCUT2D eigenvalue weighted by Gasteiger charge is 2.13. The van der Waals surface area contributed by atoms with Gasteiger partial charge < -0.3 is 15.0 Å². The van der Waals surface area contributed by atoms with E-state index in [-0.39, 0.29) is 5.54 Å². The molecule has 1 aromatic rings. The van der Waals surface area contributed by atoms with Crippen LogP contribution < -0.4 is 10.2 Å². The zero-order valence-corrected chi connectivity index (χ0v) is 10.9. The van der Waals surface area contributed by atoms with Gasteiger partial charge in [0.1, 0.15) is 5.82 Å². The van der Waals surface area contributed by atoms with Crippen LogP contribution in [0.15, 0.2) is 18.3 Å². The lowest BCUT2D eigenvalue weighted by Gasteiger charge is -2.28. The molecule has 1 aliphatic rings. The Morgan fingerprint density at radius 2 is 1.94 bits per heavy atom. The van der Waals surface area contributed by atoms with Crippen molar-refractivity contribution >= 4 is 11.5 Å². The van der Waals surface area contributed by atoms with Gasteiger partial charge in [0.15, 0.2) is 0 Å². The molecular formula is C13H21N3O. The molecule has 0 atom stereocenters. The van der Waals surface area contributed by atoms with E-state index in [0.29, 0.717) is 0 Å². The molecule has 0 saturated carbocycles. The van der Waals surface area contributed by atoms with Crippen molar-refractivity contribution in [2.75, 3.05) is 36.5 Å². The quantitative estimate of drug-likeness (QED) is 0.852. The molecule has 0 amide bonds. The Labute approximate surface area is 103 Å². The monoisotopic (exact) mass is 235 g/mol. The highest BCUT2D eigenvalue weighted by molar-refractivity contribution is 5.49. The van der Waals surface area contributed by atoms with Crippen LogP contribution in [0.4, 0.5) is 11.5 Å². The van der Waals surface area contributed by atoms with Gasteiger partial charge in [0.05, 0.1) is 25.1 Å². The van der Waals surface area contributed by atoms with Crippen LogP contribution in [0.5, 0.6) is 0 Å². The third-order valence-corrected chi connectivity index (χ3v) is 2.60. The van der Waals surface area contributed by atoms with Crippen molar-refractivity contribution in [2.24, 2.45) is 0 Å². The lowest BCUT2D eigenvalue weighted by Crippen LogP contribution is -2.36. The molecule has 94 valence electrons. The Bertz CT molecular complexity index is 350. The predicted molar refractivity (Wildman–Crippen MR) is 70.6 cm³/mol. The average Bonchev–Trinajstić information content (AvgIpc) is 2.29. The zero-order chi connectivity index (χ0) is 12.3. The fourth-order valence-corrected chi connectivity index (χ4v) is 1.87. The summed E-state index contributed by atoms with van der Waals surface area (Å²) >= 11 is 0. The van der Waals surface area contributed by atoms with E-state index < -0.39 is 0 Å². The Morgan fingerprint density at radius 1 is 1.24 bits per heavy atom. The maximum atomic E-state index is 5.33. The summed E-state index contributed by atoms with van der Waals surface area (Å²) in [5, 5.41) is 3.41. The zero-order valence-electron chi connectivity index (χ0n) is 10.9. The van der Waals surface area contributed by atoms with E-state index in [9.17, 15) is 0 Å². The van der Waals surface area contributed by atoms with Gasteiger partial charge in [-0.3, -0.25) is 0 Å². The smallest absolute Gasteiger partial charge is 0.128 e. The van der Waals surface area contributed by atoms with Crippen molar-refractivity contribution < 1.29 is 4.74 Å². The summed E-state index contributed by atoms with van der Waals surface area (Å²) in [6.07, 6.45) is 1.90. The molecule has 4 heteroatoms. The second-order valence-corrected chi connectivity index (χ2v) is 5.38. The number of ether oxygens (including phenoxy) is 1. The number of pyridine rings is 1. The largest absolute Gasteiger partial charge is 0.379 e. The Morgan fingerprint density at radius 3 is 2.47 bits per heavy atom. The molecule has 0 aliphatic carbocycles. The van der Waals surface area contributed by atoms with Crippen LogP contribution >= 0.6 is 0 Å². The molecule has 1 aromatic heterocycles. The van der Waals surface area contributed by atoms with Crippen molar-refractivity contribution in [3.05, 3.63) is 18.3 Å². The van der Waals surface area contributed by atoms with Gasteiger partial charge in [0.25, 0.3) is 0 Å². The topological polar surface area (TPSA) is 37.4 Å². The summed E-state index contributed by atoms with van der Waals surface area (Å²) in [5.41, 5.74) is 1.14. The number of nitrogens with one attached hydrogen (secondary N) is 1. The highest BCUT2D eigenvalue weighted by Crippen LogP contribution is 2.18. The van der Waals surface area contributed by atoms with Crippen LogP contribution in [0.2, 0.25) is 0 Å². The molecule has 1 saturated heterocycles. The molecule has 4 nitrogen and oxygen atoms in total. The number of anilines is 2.